The smallest absolute Gasteiger partial charge is 0.133 e. The minimum absolute atomic E-state index is 0.301. The molecule has 2 aromatic heterocycles. The molecule has 0 unspecified atom stereocenters. The van der Waals surface area contributed by atoms with Gasteiger partial charge in [-0.05, 0) is 38.1 Å². The minimum atomic E-state index is 0.301. The van der Waals surface area contributed by atoms with E-state index in [-0.39, 0.29) is 0 Å². The molecule has 1 saturated heterocycles. The molecule has 5 nitrogen and oxygen atoms in total. The fourth-order valence-electron chi connectivity index (χ4n) is 2.64. The highest BCUT2D eigenvalue weighted by atomic mass is 15.1. The largest absolute Gasteiger partial charge is 0.367 e. The summed E-state index contributed by atoms with van der Waals surface area (Å²) in [6.45, 7) is 6.38. The standard InChI is InChI=1S/C17H23N5/c1-12(2)17-21-15(13-3-7-18-8-4-13)11-16(22-17)20-14-5-9-19-10-6-14/h3-4,7-8,11-12,14,19H,5-6,9-10H2,1-2H3,(H,20,21,22). The van der Waals surface area contributed by atoms with Gasteiger partial charge in [-0.15, -0.1) is 0 Å². The van der Waals surface area contributed by atoms with Crippen LogP contribution in [0, 0.1) is 0 Å². The van der Waals surface area contributed by atoms with Crippen molar-refractivity contribution in [3.8, 4) is 11.3 Å². The van der Waals surface area contributed by atoms with Crippen LogP contribution in [0.15, 0.2) is 30.6 Å². The molecule has 5 heteroatoms. The molecule has 0 saturated carbocycles. The minimum Gasteiger partial charge on any atom is -0.367 e. The lowest BCUT2D eigenvalue weighted by molar-refractivity contribution is 0.478. The van der Waals surface area contributed by atoms with Crippen molar-refractivity contribution < 1.29 is 0 Å². The zero-order valence-electron chi connectivity index (χ0n) is 13.2. The van der Waals surface area contributed by atoms with E-state index in [4.69, 9.17) is 9.97 Å². The summed E-state index contributed by atoms with van der Waals surface area (Å²) in [5, 5.41) is 6.97. The molecule has 3 rings (SSSR count). The van der Waals surface area contributed by atoms with Crippen LogP contribution >= 0.6 is 0 Å². The molecule has 1 fully saturated rings. The van der Waals surface area contributed by atoms with Crippen molar-refractivity contribution in [2.24, 2.45) is 0 Å². The van der Waals surface area contributed by atoms with Crippen LogP contribution in [0.4, 0.5) is 5.82 Å². The van der Waals surface area contributed by atoms with E-state index in [2.05, 4.69) is 29.5 Å². The van der Waals surface area contributed by atoms with Gasteiger partial charge in [0.05, 0.1) is 5.69 Å². The molecule has 22 heavy (non-hydrogen) atoms. The first kappa shape index (κ1) is 14.9. The Kier molecular flexibility index (Phi) is 4.63. The number of anilines is 1. The molecule has 2 N–H and O–H groups in total. The lowest BCUT2D eigenvalue weighted by atomic mass is 10.1. The number of nitrogens with zero attached hydrogens (tertiary/aromatic N) is 3. The van der Waals surface area contributed by atoms with Crippen LogP contribution in [-0.4, -0.2) is 34.1 Å². The van der Waals surface area contributed by atoms with E-state index >= 15 is 0 Å². The molecule has 0 spiro atoms. The van der Waals surface area contributed by atoms with Gasteiger partial charge < -0.3 is 10.6 Å². The normalized spacial score (nSPS) is 16.0. The molecule has 0 radical (unpaired) electrons. The average molecular weight is 297 g/mol. The van der Waals surface area contributed by atoms with Crippen LogP contribution in [0.5, 0.6) is 0 Å². The lowest BCUT2D eigenvalue weighted by Crippen LogP contribution is -2.35. The van der Waals surface area contributed by atoms with Crippen molar-refractivity contribution in [1.82, 2.24) is 20.3 Å². The summed E-state index contributed by atoms with van der Waals surface area (Å²) in [6.07, 6.45) is 5.86. The molecule has 0 amide bonds. The van der Waals surface area contributed by atoms with E-state index in [1.54, 1.807) is 12.4 Å². The highest BCUT2D eigenvalue weighted by molar-refractivity contribution is 5.62. The third-order valence-corrected chi connectivity index (χ3v) is 3.93. The second-order valence-corrected chi connectivity index (χ2v) is 6.06. The molecule has 0 aromatic carbocycles. The number of nitrogens with one attached hydrogen (secondary N) is 2. The van der Waals surface area contributed by atoms with Gasteiger partial charge in [-0.1, -0.05) is 13.8 Å². The van der Waals surface area contributed by atoms with Crippen molar-refractivity contribution in [2.45, 2.75) is 38.6 Å². The Labute approximate surface area is 131 Å². The van der Waals surface area contributed by atoms with Gasteiger partial charge in [0.25, 0.3) is 0 Å². The number of hydrogen-bond donors (Lipinski definition) is 2. The molecule has 0 bridgehead atoms. The van der Waals surface area contributed by atoms with Crippen molar-refractivity contribution in [1.29, 1.82) is 0 Å². The van der Waals surface area contributed by atoms with Gasteiger partial charge in [0, 0.05) is 36.0 Å². The molecule has 1 aliphatic heterocycles. The van der Waals surface area contributed by atoms with Crippen LogP contribution < -0.4 is 10.6 Å². The first-order valence-electron chi connectivity index (χ1n) is 7.99. The Morgan fingerprint density at radius 1 is 1.14 bits per heavy atom. The van der Waals surface area contributed by atoms with E-state index in [0.29, 0.717) is 12.0 Å². The van der Waals surface area contributed by atoms with Crippen molar-refractivity contribution in [2.75, 3.05) is 18.4 Å². The number of piperidine rings is 1. The fourth-order valence-corrected chi connectivity index (χ4v) is 2.64. The fraction of sp³-hybridized carbons (Fsp3) is 0.471. The maximum atomic E-state index is 4.71. The second kappa shape index (κ2) is 6.83. The van der Waals surface area contributed by atoms with Crippen LogP contribution in [0.25, 0.3) is 11.3 Å². The van der Waals surface area contributed by atoms with E-state index in [0.717, 1.165) is 48.8 Å². The summed E-state index contributed by atoms with van der Waals surface area (Å²) in [5.41, 5.74) is 2.03. The van der Waals surface area contributed by atoms with Gasteiger partial charge in [0.1, 0.15) is 11.6 Å². The Balaban J connectivity index is 1.90. The van der Waals surface area contributed by atoms with E-state index < -0.39 is 0 Å². The summed E-state index contributed by atoms with van der Waals surface area (Å²) in [5.74, 6) is 2.11. The summed E-state index contributed by atoms with van der Waals surface area (Å²) in [4.78, 5) is 13.5. The van der Waals surface area contributed by atoms with Crippen molar-refractivity contribution in [3.05, 3.63) is 36.4 Å². The van der Waals surface area contributed by atoms with E-state index in [1.807, 2.05) is 18.2 Å². The molecule has 0 atom stereocenters. The van der Waals surface area contributed by atoms with Crippen molar-refractivity contribution in [3.63, 3.8) is 0 Å². The average Bonchev–Trinajstić information content (AvgIpc) is 2.56. The highest BCUT2D eigenvalue weighted by Crippen LogP contribution is 2.23. The summed E-state index contributed by atoms with van der Waals surface area (Å²) in [6, 6.07) is 6.51. The van der Waals surface area contributed by atoms with Gasteiger partial charge in [-0.25, -0.2) is 9.97 Å². The number of rotatable bonds is 4. The number of pyridine rings is 1. The molecule has 2 aromatic rings. The summed E-state index contributed by atoms with van der Waals surface area (Å²) < 4.78 is 0. The summed E-state index contributed by atoms with van der Waals surface area (Å²) in [7, 11) is 0. The van der Waals surface area contributed by atoms with Gasteiger partial charge >= 0.3 is 0 Å². The van der Waals surface area contributed by atoms with Crippen LogP contribution in [0.1, 0.15) is 38.4 Å². The second-order valence-electron chi connectivity index (χ2n) is 6.06. The van der Waals surface area contributed by atoms with Gasteiger partial charge in [0.15, 0.2) is 0 Å². The Morgan fingerprint density at radius 3 is 2.55 bits per heavy atom. The topological polar surface area (TPSA) is 62.7 Å². The Morgan fingerprint density at radius 2 is 1.86 bits per heavy atom. The van der Waals surface area contributed by atoms with Crippen molar-refractivity contribution >= 4 is 5.82 Å². The maximum Gasteiger partial charge on any atom is 0.133 e. The van der Waals surface area contributed by atoms with Crippen LogP contribution in [-0.2, 0) is 0 Å². The highest BCUT2D eigenvalue weighted by Gasteiger charge is 2.15. The molecular weight excluding hydrogens is 274 g/mol. The van der Waals surface area contributed by atoms with E-state index in [1.165, 1.54) is 0 Å². The number of aromatic nitrogens is 3. The van der Waals surface area contributed by atoms with Gasteiger partial charge in [-0.3, -0.25) is 4.98 Å². The third-order valence-electron chi connectivity index (χ3n) is 3.93. The SMILES string of the molecule is CC(C)c1nc(NC2CCNCC2)cc(-c2ccncc2)n1. The lowest BCUT2D eigenvalue weighted by Gasteiger charge is -2.24. The monoisotopic (exact) mass is 297 g/mol. The molecule has 0 aliphatic carbocycles. The number of hydrogen-bond acceptors (Lipinski definition) is 5. The maximum absolute atomic E-state index is 4.71. The van der Waals surface area contributed by atoms with Crippen LogP contribution in [0.2, 0.25) is 0 Å². The predicted molar refractivity (Wildman–Crippen MR) is 88.9 cm³/mol. The zero-order chi connectivity index (χ0) is 15.4. The quantitative estimate of drug-likeness (QED) is 0.908. The Bertz CT molecular complexity index is 606. The predicted octanol–water partition coefficient (Wildman–Crippen LogP) is 2.83. The summed E-state index contributed by atoms with van der Waals surface area (Å²) >= 11 is 0. The van der Waals surface area contributed by atoms with Crippen LogP contribution in [0.3, 0.4) is 0 Å². The molecule has 3 heterocycles. The van der Waals surface area contributed by atoms with Gasteiger partial charge in [-0.2, -0.15) is 0 Å². The first-order valence-corrected chi connectivity index (χ1v) is 7.99. The first-order chi connectivity index (χ1) is 10.7. The van der Waals surface area contributed by atoms with Gasteiger partial charge in [0.2, 0.25) is 0 Å². The molecule has 1 aliphatic rings. The molecular formula is C17H23N5. The van der Waals surface area contributed by atoms with E-state index in [9.17, 15) is 0 Å². The third kappa shape index (κ3) is 3.60. The zero-order valence-corrected chi connectivity index (χ0v) is 13.2. The molecule has 116 valence electrons. The Hall–Kier alpha value is -2.01.